The van der Waals surface area contributed by atoms with E-state index in [1.54, 1.807) is 4.90 Å². The van der Waals surface area contributed by atoms with Crippen molar-refractivity contribution in [2.45, 2.75) is 90.3 Å². The molecule has 0 bridgehead atoms. The number of carbonyl (C=O) groups is 5. The molecule has 0 aromatic carbocycles. The highest BCUT2D eigenvalue weighted by molar-refractivity contribution is 7.86. The molecule has 266 valence electrons. The summed E-state index contributed by atoms with van der Waals surface area (Å²) in [6.45, 7) is 9.23. The molecule has 4 N–H and O–H groups in total. The Kier molecular flexibility index (Phi) is 13.4. The summed E-state index contributed by atoms with van der Waals surface area (Å²) < 4.78 is 27.7. The Morgan fingerprint density at radius 2 is 1.60 bits per heavy atom. The second kappa shape index (κ2) is 16.4. The van der Waals surface area contributed by atoms with Gasteiger partial charge >= 0.3 is 6.03 Å². The number of Topliss-reactive ketones (excluding diaryl/α,β-unsaturated/α-hetero) is 1. The highest BCUT2D eigenvalue weighted by Crippen LogP contribution is 2.43. The maximum absolute atomic E-state index is 14.4. The molecule has 47 heavy (non-hydrogen) atoms. The number of urea groups is 1. The lowest BCUT2D eigenvalue weighted by Gasteiger charge is -2.37. The molecular weight excluding hydrogens is 626 g/mol. The maximum atomic E-state index is 14.4. The quantitative estimate of drug-likeness (QED) is 0.156. The number of amides is 5. The number of hydrogen-bond donors (Lipinski definition) is 4. The Bertz CT molecular complexity index is 1280. The molecular formula is C32H55N7O7S. The zero-order valence-corrected chi connectivity index (χ0v) is 29.7. The number of nitrogens with one attached hydrogen (secondary N) is 4. The summed E-state index contributed by atoms with van der Waals surface area (Å²) in [5, 5.41) is 10.9. The van der Waals surface area contributed by atoms with Crippen LogP contribution in [-0.4, -0.2) is 117 Å². The van der Waals surface area contributed by atoms with Gasteiger partial charge in [-0.3, -0.25) is 19.2 Å². The summed E-state index contributed by atoms with van der Waals surface area (Å²) in [6.07, 6.45) is 8.38. The van der Waals surface area contributed by atoms with E-state index in [1.807, 2.05) is 20.8 Å². The van der Waals surface area contributed by atoms with Crippen molar-refractivity contribution in [1.29, 1.82) is 0 Å². The fourth-order valence-electron chi connectivity index (χ4n) is 7.02. The molecule has 1 aliphatic heterocycles. The van der Waals surface area contributed by atoms with Gasteiger partial charge in [0.05, 0.1) is 6.54 Å². The molecule has 0 aromatic heterocycles. The van der Waals surface area contributed by atoms with Gasteiger partial charge in [-0.2, -0.15) is 17.0 Å². The summed E-state index contributed by atoms with van der Waals surface area (Å²) >= 11 is 0. The topological polar surface area (TPSA) is 177 Å². The third-order valence-electron chi connectivity index (χ3n) is 9.85. The van der Waals surface area contributed by atoms with E-state index in [-0.39, 0.29) is 36.8 Å². The first-order valence-electron chi connectivity index (χ1n) is 16.7. The molecule has 3 aliphatic rings. The van der Waals surface area contributed by atoms with Crippen LogP contribution in [0.1, 0.15) is 72.1 Å². The molecule has 1 saturated heterocycles. The minimum atomic E-state index is -3.72. The van der Waals surface area contributed by atoms with Crippen molar-refractivity contribution >= 4 is 39.7 Å². The summed E-state index contributed by atoms with van der Waals surface area (Å²) in [4.78, 5) is 67.6. The first-order valence-corrected chi connectivity index (χ1v) is 18.1. The van der Waals surface area contributed by atoms with Crippen molar-refractivity contribution in [3.05, 3.63) is 12.7 Å². The molecule has 2 saturated carbocycles. The van der Waals surface area contributed by atoms with Crippen LogP contribution in [0.25, 0.3) is 0 Å². The van der Waals surface area contributed by atoms with E-state index >= 15 is 0 Å². The summed E-state index contributed by atoms with van der Waals surface area (Å²) in [5.74, 6) is -2.53. The van der Waals surface area contributed by atoms with E-state index in [9.17, 15) is 32.4 Å². The second-order valence-electron chi connectivity index (χ2n) is 14.4. The van der Waals surface area contributed by atoms with Crippen LogP contribution in [0.15, 0.2) is 12.7 Å². The van der Waals surface area contributed by atoms with Crippen molar-refractivity contribution in [3.8, 4) is 0 Å². The molecule has 3 rings (SSSR count). The molecule has 14 nitrogen and oxygen atoms in total. The Hall–Kier alpha value is -3.04. The first kappa shape index (κ1) is 38.4. The predicted molar refractivity (Wildman–Crippen MR) is 178 cm³/mol. The third kappa shape index (κ3) is 9.75. The van der Waals surface area contributed by atoms with Crippen LogP contribution in [0.4, 0.5) is 4.79 Å². The smallest absolute Gasteiger partial charge is 0.315 e. The van der Waals surface area contributed by atoms with Crippen molar-refractivity contribution < 1.29 is 32.4 Å². The number of nitrogens with zero attached hydrogens (tertiary/aromatic N) is 3. The fourth-order valence-corrected chi connectivity index (χ4v) is 7.91. The van der Waals surface area contributed by atoms with Gasteiger partial charge in [0.25, 0.3) is 16.1 Å². The van der Waals surface area contributed by atoms with Crippen LogP contribution in [0.5, 0.6) is 0 Å². The lowest BCUT2D eigenvalue weighted by Crippen LogP contribution is -2.61. The maximum Gasteiger partial charge on any atom is 0.315 e. The second-order valence-corrected chi connectivity index (χ2v) is 16.7. The Labute approximate surface area is 280 Å². The average molecular weight is 682 g/mol. The number of ketones is 1. The molecule has 3 fully saturated rings. The van der Waals surface area contributed by atoms with Gasteiger partial charge in [-0.25, -0.2) is 4.79 Å². The zero-order chi connectivity index (χ0) is 35.1. The standard InChI is InChI=1S/C32H55N7O7S/c1-8-17-33-28(41)24(40)18-34-29(42)27-23-16-12-15-22(23)19-39(27)30(43)26(21-13-10-9-11-14-21)36-31(44)35-25(32(2,3)4)20-38(7)47(45,46)37(5)6/h8,21-23,25-27H,1,9-20H2,2-7H3,(H,33,41)(H,34,42)(H2,35,36,44)/t22-,23-,25+,26-,27-/m0/s1. The van der Waals surface area contributed by atoms with Gasteiger partial charge in [-0.15, -0.1) is 6.58 Å². The number of hydrogen-bond acceptors (Lipinski definition) is 7. The van der Waals surface area contributed by atoms with E-state index in [1.165, 1.54) is 31.5 Å². The van der Waals surface area contributed by atoms with Gasteiger partial charge in [-0.1, -0.05) is 52.5 Å². The van der Waals surface area contributed by atoms with Crippen molar-refractivity contribution in [2.75, 3.05) is 47.3 Å². The summed E-state index contributed by atoms with van der Waals surface area (Å²) in [7, 11) is 0.616. The minimum Gasteiger partial charge on any atom is -0.347 e. The molecule has 15 heteroatoms. The lowest BCUT2D eigenvalue weighted by molar-refractivity contribution is -0.143. The Balaban J connectivity index is 1.81. The van der Waals surface area contributed by atoms with E-state index in [0.717, 1.165) is 55.7 Å². The van der Waals surface area contributed by atoms with Crippen LogP contribution in [0.3, 0.4) is 0 Å². The fraction of sp³-hybridized carbons (Fsp3) is 0.781. The molecule has 0 spiro atoms. The van der Waals surface area contributed by atoms with Crippen LogP contribution in [-0.2, 0) is 29.4 Å². The number of fused-ring (bicyclic) bond motifs is 1. The highest BCUT2D eigenvalue weighted by atomic mass is 32.2. The third-order valence-corrected chi connectivity index (χ3v) is 11.7. The zero-order valence-electron chi connectivity index (χ0n) is 28.8. The van der Waals surface area contributed by atoms with Gasteiger partial charge in [0, 0.05) is 46.8 Å². The van der Waals surface area contributed by atoms with Crippen molar-refractivity contribution in [2.24, 2.45) is 23.2 Å². The minimum absolute atomic E-state index is 0.0154. The molecule has 5 amide bonds. The van der Waals surface area contributed by atoms with E-state index < -0.39 is 63.9 Å². The molecule has 1 heterocycles. The van der Waals surface area contributed by atoms with E-state index in [0.29, 0.717) is 6.54 Å². The van der Waals surface area contributed by atoms with Gasteiger partial charge < -0.3 is 26.2 Å². The van der Waals surface area contributed by atoms with Gasteiger partial charge in [0.1, 0.15) is 12.1 Å². The molecule has 5 atom stereocenters. The lowest BCUT2D eigenvalue weighted by atomic mass is 9.83. The van der Waals surface area contributed by atoms with Crippen LogP contribution in [0.2, 0.25) is 0 Å². The van der Waals surface area contributed by atoms with E-state index in [2.05, 4.69) is 27.8 Å². The predicted octanol–water partition coefficient (Wildman–Crippen LogP) is 1.00. The molecule has 0 aromatic rings. The van der Waals surface area contributed by atoms with Gasteiger partial charge in [-0.05, 0) is 48.9 Å². The van der Waals surface area contributed by atoms with E-state index in [4.69, 9.17) is 0 Å². The average Bonchev–Trinajstić information content (AvgIpc) is 3.62. The van der Waals surface area contributed by atoms with Gasteiger partial charge in [0.15, 0.2) is 0 Å². The van der Waals surface area contributed by atoms with Crippen molar-refractivity contribution in [3.63, 3.8) is 0 Å². The highest BCUT2D eigenvalue weighted by Gasteiger charge is 2.51. The van der Waals surface area contributed by atoms with Crippen LogP contribution in [0, 0.1) is 23.2 Å². The Morgan fingerprint density at radius 3 is 2.19 bits per heavy atom. The number of likely N-dealkylation sites (tertiary alicyclic amines) is 1. The van der Waals surface area contributed by atoms with Gasteiger partial charge in [0.2, 0.25) is 17.6 Å². The summed E-state index contributed by atoms with van der Waals surface area (Å²) in [5.41, 5.74) is -0.520. The summed E-state index contributed by atoms with van der Waals surface area (Å²) in [6, 6.07) is -2.88. The number of carbonyl (C=O) groups excluding carboxylic acids is 5. The number of likely N-dealkylation sites (N-methyl/N-ethyl adjacent to an activating group) is 1. The number of rotatable bonds is 14. The largest absolute Gasteiger partial charge is 0.347 e. The SMILES string of the molecule is C=CCNC(=O)C(=O)CNC(=O)[C@@H]1[C@H]2CCC[C@H]2CN1C(=O)[C@@H](NC(=O)N[C@H](CN(C)S(=O)(=O)N(C)C)C(C)(C)C)C1CCCCC1. The van der Waals surface area contributed by atoms with Crippen LogP contribution >= 0.6 is 0 Å². The normalized spacial score (nSPS) is 23.1. The van der Waals surface area contributed by atoms with Crippen molar-refractivity contribution in [1.82, 2.24) is 34.8 Å². The first-order chi connectivity index (χ1) is 22.0. The molecule has 2 aliphatic carbocycles. The Morgan fingerprint density at radius 1 is 0.936 bits per heavy atom. The monoisotopic (exact) mass is 681 g/mol. The molecule has 0 unspecified atom stereocenters. The molecule has 0 radical (unpaired) electrons. The van der Waals surface area contributed by atoms with Crippen LogP contribution < -0.4 is 21.3 Å².